The number of nitrogens with zero attached hydrogens (tertiary/aromatic N) is 1. The number of carbonyl (C=O) groups is 1. The van der Waals surface area contributed by atoms with Crippen molar-refractivity contribution in [2.75, 3.05) is 14.1 Å². The molecule has 1 N–H and O–H groups in total. The summed E-state index contributed by atoms with van der Waals surface area (Å²) in [6.07, 6.45) is 0. The van der Waals surface area contributed by atoms with Crippen LogP contribution in [0.3, 0.4) is 0 Å². The first kappa shape index (κ1) is 15.7. The van der Waals surface area contributed by atoms with Crippen LogP contribution < -0.4 is 0 Å². The average Bonchev–Trinajstić information content (AvgIpc) is 2.35. The van der Waals surface area contributed by atoms with Crippen molar-refractivity contribution < 1.29 is 9.90 Å². The topological polar surface area (TPSA) is 40.5 Å². The van der Waals surface area contributed by atoms with E-state index in [1.807, 2.05) is 51.1 Å². The lowest BCUT2D eigenvalue weighted by Gasteiger charge is -2.45. The zero-order valence-corrected chi connectivity index (χ0v) is 12.8. The maximum absolute atomic E-state index is 12.3. The second kappa shape index (κ2) is 5.33. The maximum atomic E-state index is 12.3. The van der Waals surface area contributed by atoms with Crippen molar-refractivity contribution in [3.8, 4) is 0 Å². The fourth-order valence-corrected chi connectivity index (χ4v) is 2.59. The summed E-state index contributed by atoms with van der Waals surface area (Å²) in [5.41, 5.74) is -0.861. The third-order valence-electron chi connectivity index (χ3n) is 3.80. The van der Waals surface area contributed by atoms with E-state index in [0.29, 0.717) is 0 Å². The Morgan fingerprint density at radius 3 is 2.00 bits per heavy atom. The standard InChI is InChI=1S/C16H25NO2/c1-12(14(18)17(5)6)16(19,15(2,3)4)13-10-8-7-9-11-13/h7-12,19H,1-6H3/t12-,16-/m0/s1. The van der Waals surface area contributed by atoms with Crippen LogP contribution >= 0.6 is 0 Å². The lowest BCUT2D eigenvalue weighted by molar-refractivity contribution is -0.156. The van der Waals surface area contributed by atoms with Crippen molar-refractivity contribution in [2.24, 2.45) is 11.3 Å². The molecule has 0 saturated carbocycles. The Labute approximate surface area is 116 Å². The number of hydrogen-bond acceptors (Lipinski definition) is 2. The second-order valence-corrected chi connectivity index (χ2v) is 6.34. The minimum absolute atomic E-state index is 0.0683. The molecular formula is C16H25NO2. The van der Waals surface area contributed by atoms with E-state index in [2.05, 4.69) is 0 Å². The Morgan fingerprint density at radius 1 is 1.16 bits per heavy atom. The van der Waals surface area contributed by atoms with Gasteiger partial charge < -0.3 is 10.0 Å². The Hall–Kier alpha value is -1.35. The van der Waals surface area contributed by atoms with E-state index in [-0.39, 0.29) is 5.91 Å². The van der Waals surface area contributed by atoms with Gasteiger partial charge in [-0.2, -0.15) is 0 Å². The highest BCUT2D eigenvalue weighted by Gasteiger charge is 2.49. The van der Waals surface area contributed by atoms with E-state index < -0.39 is 16.9 Å². The van der Waals surface area contributed by atoms with Gasteiger partial charge in [-0.15, -0.1) is 0 Å². The van der Waals surface area contributed by atoms with Gasteiger partial charge in [0.05, 0.1) is 5.92 Å². The number of benzene rings is 1. The van der Waals surface area contributed by atoms with Gasteiger partial charge in [-0.25, -0.2) is 0 Å². The monoisotopic (exact) mass is 263 g/mol. The number of hydrogen-bond donors (Lipinski definition) is 1. The molecule has 0 aliphatic rings. The fraction of sp³-hybridized carbons (Fsp3) is 0.562. The lowest BCUT2D eigenvalue weighted by Crippen LogP contribution is -2.50. The molecule has 0 fully saturated rings. The Bertz CT molecular complexity index is 434. The molecule has 1 rings (SSSR count). The summed E-state index contributed by atoms with van der Waals surface area (Å²) in [7, 11) is 3.43. The molecule has 0 heterocycles. The predicted molar refractivity (Wildman–Crippen MR) is 77.7 cm³/mol. The molecule has 1 aromatic carbocycles. The summed E-state index contributed by atoms with van der Waals surface area (Å²) < 4.78 is 0. The normalized spacial score (nSPS) is 16.6. The molecule has 106 valence electrons. The van der Waals surface area contributed by atoms with Crippen LogP contribution in [0.25, 0.3) is 0 Å². The van der Waals surface area contributed by atoms with Crippen molar-refractivity contribution >= 4 is 5.91 Å². The quantitative estimate of drug-likeness (QED) is 0.910. The number of amides is 1. The van der Waals surface area contributed by atoms with Gasteiger partial charge in [-0.05, 0) is 11.0 Å². The summed E-state index contributed by atoms with van der Waals surface area (Å²) in [6.45, 7) is 7.67. The molecule has 19 heavy (non-hydrogen) atoms. The molecule has 0 aliphatic carbocycles. The van der Waals surface area contributed by atoms with E-state index in [1.165, 1.54) is 4.90 Å². The minimum atomic E-state index is -1.20. The Balaban J connectivity index is 3.34. The lowest BCUT2D eigenvalue weighted by atomic mass is 9.65. The fourth-order valence-electron chi connectivity index (χ4n) is 2.59. The highest BCUT2D eigenvalue weighted by molar-refractivity contribution is 5.79. The Kier molecular flexibility index (Phi) is 4.41. The first-order chi connectivity index (χ1) is 8.62. The van der Waals surface area contributed by atoms with Crippen LogP contribution in [0.2, 0.25) is 0 Å². The first-order valence-corrected chi connectivity index (χ1v) is 6.61. The van der Waals surface area contributed by atoms with Gasteiger partial charge in [0, 0.05) is 14.1 Å². The molecule has 0 unspecified atom stereocenters. The predicted octanol–water partition coefficient (Wildman–Crippen LogP) is 2.64. The van der Waals surface area contributed by atoms with E-state index in [9.17, 15) is 9.90 Å². The van der Waals surface area contributed by atoms with Crippen LogP contribution in [0.5, 0.6) is 0 Å². The van der Waals surface area contributed by atoms with Crippen molar-refractivity contribution in [3.05, 3.63) is 35.9 Å². The minimum Gasteiger partial charge on any atom is -0.384 e. The molecule has 0 aliphatic heterocycles. The summed E-state index contributed by atoms with van der Waals surface area (Å²) in [6, 6.07) is 9.44. The van der Waals surface area contributed by atoms with Crippen LogP contribution in [0.1, 0.15) is 33.3 Å². The van der Waals surface area contributed by atoms with Crippen LogP contribution in [-0.2, 0) is 10.4 Å². The zero-order valence-electron chi connectivity index (χ0n) is 12.8. The summed E-state index contributed by atoms with van der Waals surface area (Å²) in [5.74, 6) is -0.578. The third-order valence-corrected chi connectivity index (χ3v) is 3.80. The Morgan fingerprint density at radius 2 is 1.63 bits per heavy atom. The van der Waals surface area contributed by atoms with Crippen molar-refractivity contribution in [2.45, 2.75) is 33.3 Å². The van der Waals surface area contributed by atoms with Crippen molar-refractivity contribution in [1.82, 2.24) is 4.90 Å². The SMILES string of the molecule is C[C@@H](C(=O)N(C)C)[C@](O)(c1ccccc1)C(C)(C)C. The van der Waals surface area contributed by atoms with Gasteiger partial charge in [0.15, 0.2) is 0 Å². The largest absolute Gasteiger partial charge is 0.384 e. The zero-order chi connectivity index (χ0) is 14.8. The first-order valence-electron chi connectivity index (χ1n) is 6.61. The van der Waals surface area contributed by atoms with Crippen LogP contribution in [-0.4, -0.2) is 30.0 Å². The maximum Gasteiger partial charge on any atom is 0.228 e. The van der Waals surface area contributed by atoms with Gasteiger partial charge in [-0.1, -0.05) is 58.0 Å². The molecule has 0 spiro atoms. The van der Waals surface area contributed by atoms with Crippen molar-refractivity contribution in [3.63, 3.8) is 0 Å². The molecule has 2 atom stereocenters. The van der Waals surface area contributed by atoms with Crippen LogP contribution in [0.15, 0.2) is 30.3 Å². The summed E-state index contributed by atoms with van der Waals surface area (Å²) in [4.78, 5) is 13.8. The van der Waals surface area contributed by atoms with E-state index in [1.54, 1.807) is 21.0 Å². The highest BCUT2D eigenvalue weighted by atomic mass is 16.3. The van der Waals surface area contributed by atoms with Gasteiger partial charge in [0.1, 0.15) is 5.60 Å². The van der Waals surface area contributed by atoms with Gasteiger partial charge >= 0.3 is 0 Å². The molecule has 0 radical (unpaired) electrons. The molecule has 3 heteroatoms. The molecular weight excluding hydrogens is 238 g/mol. The average molecular weight is 263 g/mol. The summed E-state index contributed by atoms with van der Waals surface area (Å²) in [5, 5.41) is 11.3. The molecule has 3 nitrogen and oxygen atoms in total. The van der Waals surface area contributed by atoms with Gasteiger partial charge in [-0.3, -0.25) is 4.79 Å². The number of aliphatic hydroxyl groups is 1. The van der Waals surface area contributed by atoms with Crippen molar-refractivity contribution in [1.29, 1.82) is 0 Å². The smallest absolute Gasteiger partial charge is 0.228 e. The molecule has 0 aromatic heterocycles. The molecule has 1 amide bonds. The van der Waals surface area contributed by atoms with Gasteiger partial charge in [0.2, 0.25) is 5.91 Å². The van der Waals surface area contributed by atoms with E-state index in [4.69, 9.17) is 0 Å². The highest BCUT2D eigenvalue weighted by Crippen LogP contribution is 2.45. The van der Waals surface area contributed by atoms with E-state index in [0.717, 1.165) is 5.56 Å². The molecule has 0 bridgehead atoms. The molecule has 0 saturated heterocycles. The second-order valence-electron chi connectivity index (χ2n) is 6.34. The third kappa shape index (κ3) is 2.81. The van der Waals surface area contributed by atoms with E-state index >= 15 is 0 Å². The van der Waals surface area contributed by atoms with Crippen LogP contribution in [0.4, 0.5) is 0 Å². The summed E-state index contributed by atoms with van der Waals surface area (Å²) >= 11 is 0. The number of rotatable bonds is 3. The van der Waals surface area contributed by atoms with Gasteiger partial charge in [0.25, 0.3) is 0 Å². The molecule has 1 aromatic rings. The number of carbonyl (C=O) groups excluding carboxylic acids is 1. The van der Waals surface area contributed by atoms with Crippen LogP contribution in [0, 0.1) is 11.3 Å².